The molecule has 0 spiro atoms. The summed E-state index contributed by atoms with van der Waals surface area (Å²) in [5, 5.41) is 22.2. The Kier molecular flexibility index (Phi) is 3.57. The van der Waals surface area contributed by atoms with Gasteiger partial charge in [-0.1, -0.05) is 12.1 Å². The number of hydrogen-bond acceptors (Lipinski definition) is 6. The summed E-state index contributed by atoms with van der Waals surface area (Å²) in [7, 11) is 0. The summed E-state index contributed by atoms with van der Waals surface area (Å²) >= 11 is 0. The van der Waals surface area contributed by atoms with Crippen molar-refractivity contribution in [1.29, 1.82) is 0 Å². The summed E-state index contributed by atoms with van der Waals surface area (Å²) < 4.78 is 0. The van der Waals surface area contributed by atoms with Crippen molar-refractivity contribution in [2.75, 3.05) is 5.32 Å². The standard InChI is InChI=1S/C15H15N5O3/c1-7-3-4-9-8(2)16-14(17-10(9)5-7)20-15-18-11(6-12(21)22)13(23)19-15/h3-5,23H,6H2,1-2H3,(H,21,22)(H2,16,17,18,19,20). The van der Waals surface area contributed by atoms with Crippen LogP contribution in [0.15, 0.2) is 18.2 Å². The summed E-state index contributed by atoms with van der Waals surface area (Å²) in [6.07, 6.45) is -0.350. The zero-order valence-electron chi connectivity index (χ0n) is 12.6. The lowest BCUT2D eigenvalue weighted by atomic mass is 10.1. The smallest absolute Gasteiger partial charge is 0.309 e. The highest BCUT2D eigenvalue weighted by Crippen LogP contribution is 2.22. The lowest BCUT2D eigenvalue weighted by Crippen LogP contribution is -2.02. The number of aromatic nitrogens is 4. The molecule has 2 aromatic heterocycles. The SMILES string of the molecule is Cc1ccc2c(C)nc(Nc3nc(O)c(CC(=O)O)[nH]3)nc2c1. The van der Waals surface area contributed by atoms with Crippen LogP contribution in [0.2, 0.25) is 0 Å². The molecule has 0 aliphatic carbocycles. The average molecular weight is 313 g/mol. The van der Waals surface area contributed by atoms with Gasteiger partial charge in [0.1, 0.15) is 0 Å². The van der Waals surface area contributed by atoms with Gasteiger partial charge >= 0.3 is 5.97 Å². The number of carbonyl (C=O) groups is 1. The second-order valence-corrected chi connectivity index (χ2v) is 5.24. The number of aromatic hydroxyl groups is 1. The van der Waals surface area contributed by atoms with Crippen molar-refractivity contribution in [3.63, 3.8) is 0 Å². The van der Waals surface area contributed by atoms with Gasteiger partial charge in [0.25, 0.3) is 0 Å². The van der Waals surface area contributed by atoms with Crippen LogP contribution in [-0.4, -0.2) is 36.1 Å². The third kappa shape index (κ3) is 3.05. The molecule has 0 atom stereocenters. The van der Waals surface area contributed by atoms with E-state index in [1.165, 1.54) is 0 Å². The maximum atomic E-state index is 10.7. The first-order chi connectivity index (χ1) is 10.9. The number of nitrogens with one attached hydrogen (secondary N) is 2. The molecule has 4 N–H and O–H groups in total. The molecule has 23 heavy (non-hydrogen) atoms. The zero-order valence-corrected chi connectivity index (χ0v) is 12.6. The molecule has 0 bridgehead atoms. The number of aliphatic carboxylic acids is 1. The third-order valence-electron chi connectivity index (χ3n) is 3.36. The van der Waals surface area contributed by atoms with Crippen molar-refractivity contribution in [3.05, 3.63) is 35.2 Å². The quantitative estimate of drug-likeness (QED) is 0.581. The third-order valence-corrected chi connectivity index (χ3v) is 3.36. The van der Waals surface area contributed by atoms with Crippen molar-refractivity contribution in [3.8, 4) is 5.88 Å². The van der Waals surface area contributed by atoms with E-state index in [1.54, 1.807) is 0 Å². The van der Waals surface area contributed by atoms with Crippen LogP contribution in [0.3, 0.4) is 0 Å². The van der Waals surface area contributed by atoms with Gasteiger partial charge in [-0.15, -0.1) is 0 Å². The van der Waals surface area contributed by atoms with Crippen LogP contribution in [0, 0.1) is 13.8 Å². The number of nitrogens with zero attached hydrogens (tertiary/aromatic N) is 3. The van der Waals surface area contributed by atoms with Gasteiger partial charge in [0, 0.05) is 5.39 Å². The molecule has 3 rings (SSSR count). The number of H-pyrrole nitrogens is 1. The molecule has 0 fully saturated rings. The number of hydrogen-bond donors (Lipinski definition) is 4. The number of carboxylic acids is 1. The second kappa shape index (κ2) is 5.56. The maximum absolute atomic E-state index is 10.7. The molecule has 0 saturated heterocycles. The Morgan fingerprint density at radius 1 is 1.26 bits per heavy atom. The van der Waals surface area contributed by atoms with E-state index in [-0.39, 0.29) is 23.9 Å². The van der Waals surface area contributed by atoms with E-state index in [4.69, 9.17) is 5.11 Å². The molecule has 118 valence electrons. The highest BCUT2D eigenvalue weighted by atomic mass is 16.4. The van der Waals surface area contributed by atoms with Crippen molar-refractivity contribution >= 4 is 28.8 Å². The van der Waals surface area contributed by atoms with Gasteiger partial charge < -0.3 is 15.2 Å². The van der Waals surface area contributed by atoms with Gasteiger partial charge in [-0.2, -0.15) is 4.98 Å². The number of aryl methyl sites for hydroxylation is 2. The van der Waals surface area contributed by atoms with E-state index < -0.39 is 5.97 Å². The molecular weight excluding hydrogens is 298 g/mol. The van der Waals surface area contributed by atoms with Crippen LogP contribution in [0.4, 0.5) is 11.9 Å². The summed E-state index contributed by atoms with van der Waals surface area (Å²) in [5.74, 6) is -0.923. The zero-order chi connectivity index (χ0) is 16.6. The van der Waals surface area contributed by atoms with Gasteiger partial charge in [-0.3, -0.25) is 10.1 Å². The topological polar surface area (TPSA) is 124 Å². The molecule has 0 aliphatic rings. The van der Waals surface area contributed by atoms with Crippen molar-refractivity contribution in [1.82, 2.24) is 19.9 Å². The number of benzene rings is 1. The molecule has 1 aromatic carbocycles. The highest BCUT2D eigenvalue weighted by Gasteiger charge is 2.13. The van der Waals surface area contributed by atoms with Crippen molar-refractivity contribution < 1.29 is 15.0 Å². The molecular formula is C15H15N5O3. The van der Waals surface area contributed by atoms with E-state index in [9.17, 15) is 9.90 Å². The van der Waals surface area contributed by atoms with Crippen LogP contribution in [0.25, 0.3) is 10.9 Å². The Bertz CT molecular complexity index is 904. The molecule has 8 heteroatoms. The number of aromatic amines is 1. The minimum absolute atomic E-state index is 0.119. The number of fused-ring (bicyclic) bond motifs is 1. The fourth-order valence-corrected chi connectivity index (χ4v) is 2.29. The van der Waals surface area contributed by atoms with Gasteiger partial charge in [-0.05, 0) is 25.5 Å². The fraction of sp³-hybridized carbons (Fsp3) is 0.200. The van der Waals surface area contributed by atoms with Crippen LogP contribution in [-0.2, 0) is 11.2 Å². The number of imidazole rings is 1. The Morgan fingerprint density at radius 3 is 2.78 bits per heavy atom. The predicted octanol–water partition coefficient (Wildman–Crippen LogP) is 2.05. The first-order valence-electron chi connectivity index (χ1n) is 6.94. The van der Waals surface area contributed by atoms with Gasteiger partial charge in [0.15, 0.2) is 0 Å². The Morgan fingerprint density at radius 2 is 2.04 bits per heavy atom. The van der Waals surface area contributed by atoms with Crippen LogP contribution >= 0.6 is 0 Å². The maximum Gasteiger partial charge on any atom is 0.309 e. The first-order valence-corrected chi connectivity index (χ1v) is 6.94. The molecule has 0 radical (unpaired) electrons. The molecule has 3 aromatic rings. The van der Waals surface area contributed by atoms with E-state index in [0.717, 1.165) is 22.2 Å². The number of carboxylic acid groups (broad SMARTS) is 1. The van der Waals surface area contributed by atoms with Gasteiger partial charge in [0.05, 0.1) is 23.3 Å². The molecule has 2 heterocycles. The molecule has 0 aliphatic heterocycles. The van der Waals surface area contributed by atoms with E-state index in [0.29, 0.717) is 5.95 Å². The van der Waals surface area contributed by atoms with E-state index in [2.05, 4.69) is 25.3 Å². The van der Waals surface area contributed by atoms with Gasteiger partial charge in [-0.25, -0.2) is 9.97 Å². The van der Waals surface area contributed by atoms with Crippen LogP contribution in [0.1, 0.15) is 17.0 Å². The molecule has 0 unspecified atom stereocenters. The summed E-state index contributed by atoms with van der Waals surface area (Å²) in [5.41, 5.74) is 2.80. The van der Waals surface area contributed by atoms with Crippen LogP contribution in [0.5, 0.6) is 5.88 Å². The summed E-state index contributed by atoms with van der Waals surface area (Å²) in [4.78, 5) is 26.0. The van der Waals surface area contributed by atoms with E-state index in [1.807, 2.05) is 32.0 Å². The predicted molar refractivity (Wildman–Crippen MR) is 83.9 cm³/mol. The lowest BCUT2D eigenvalue weighted by molar-refractivity contribution is -0.136. The largest absolute Gasteiger partial charge is 0.492 e. The summed E-state index contributed by atoms with van der Waals surface area (Å²) in [6.45, 7) is 3.85. The fourth-order valence-electron chi connectivity index (χ4n) is 2.29. The molecule has 0 amide bonds. The van der Waals surface area contributed by atoms with Crippen molar-refractivity contribution in [2.45, 2.75) is 20.3 Å². The Labute approximate surface area is 131 Å². The molecule has 8 nitrogen and oxygen atoms in total. The number of anilines is 2. The minimum Gasteiger partial charge on any atom is -0.492 e. The van der Waals surface area contributed by atoms with Crippen LogP contribution < -0.4 is 5.32 Å². The average Bonchev–Trinajstić information content (AvgIpc) is 2.77. The van der Waals surface area contributed by atoms with E-state index >= 15 is 0 Å². The monoisotopic (exact) mass is 313 g/mol. The van der Waals surface area contributed by atoms with Gasteiger partial charge in [0.2, 0.25) is 17.8 Å². The molecule has 0 saturated carbocycles. The summed E-state index contributed by atoms with van der Waals surface area (Å²) in [6, 6.07) is 5.91. The minimum atomic E-state index is -1.07. The van der Waals surface area contributed by atoms with Crippen molar-refractivity contribution in [2.24, 2.45) is 0 Å². The number of rotatable bonds is 4. The highest BCUT2D eigenvalue weighted by molar-refractivity contribution is 5.82. The lowest BCUT2D eigenvalue weighted by Gasteiger charge is -2.06. The Balaban J connectivity index is 1.94. The Hall–Kier alpha value is -3.16. The normalized spacial score (nSPS) is 10.9. The first kappa shape index (κ1) is 14.8. The second-order valence-electron chi connectivity index (χ2n) is 5.24.